The lowest BCUT2D eigenvalue weighted by molar-refractivity contribution is 0.199. The first-order valence-corrected chi connectivity index (χ1v) is 7.93. The molecule has 0 aliphatic heterocycles. The second-order valence-corrected chi connectivity index (χ2v) is 6.19. The van der Waals surface area contributed by atoms with Crippen molar-refractivity contribution < 1.29 is 4.74 Å². The topological polar surface area (TPSA) is 47.0 Å². The quantitative estimate of drug-likeness (QED) is 0.615. The highest BCUT2D eigenvalue weighted by Crippen LogP contribution is 2.31. The van der Waals surface area contributed by atoms with Crippen molar-refractivity contribution in [3.8, 4) is 0 Å². The first-order chi connectivity index (χ1) is 9.38. The molecule has 19 heavy (non-hydrogen) atoms. The van der Waals surface area contributed by atoms with E-state index < -0.39 is 0 Å². The molecule has 1 aliphatic carbocycles. The predicted octanol–water partition coefficient (Wildman–Crippen LogP) is 2.64. The smallest absolute Gasteiger partial charge is 0.187 e. The zero-order valence-electron chi connectivity index (χ0n) is 11.6. The van der Waals surface area contributed by atoms with Crippen LogP contribution < -0.4 is 5.32 Å². The average molecular weight is 281 g/mol. The van der Waals surface area contributed by atoms with Crippen LogP contribution in [0.4, 0.5) is 0 Å². The predicted molar refractivity (Wildman–Crippen MR) is 78.3 cm³/mol. The Labute approximate surface area is 119 Å². The summed E-state index contributed by atoms with van der Waals surface area (Å²) in [7, 11) is 1.71. The molecule has 1 N–H and O–H groups in total. The Morgan fingerprint density at radius 2 is 2.00 bits per heavy atom. The summed E-state index contributed by atoms with van der Waals surface area (Å²) in [5, 5.41) is 4.94. The van der Waals surface area contributed by atoms with Crippen LogP contribution in [0.5, 0.6) is 0 Å². The van der Waals surface area contributed by atoms with Gasteiger partial charge in [-0.2, -0.15) is 0 Å². The van der Waals surface area contributed by atoms with E-state index in [9.17, 15) is 0 Å². The number of rotatable bonds is 7. The molecule has 1 fully saturated rings. The normalized spacial score (nSPS) is 16.7. The Hall–Kier alpha value is -0.650. The molecule has 1 aliphatic rings. The molecule has 0 radical (unpaired) electrons. The number of ether oxygens (including phenoxy) is 1. The molecule has 1 aromatic rings. The molecule has 1 aromatic heterocycles. The van der Waals surface area contributed by atoms with Crippen LogP contribution in [0, 0.1) is 0 Å². The molecule has 0 amide bonds. The summed E-state index contributed by atoms with van der Waals surface area (Å²) in [6, 6.07) is 0. The molecule has 1 heterocycles. The lowest BCUT2D eigenvalue weighted by Crippen LogP contribution is -2.18. The van der Waals surface area contributed by atoms with Gasteiger partial charge in [0.05, 0.1) is 6.61 Å². The third-order valence-electron chi connectivity index (χ3n) is 3.32. The van der Waals surface area contributed by atoms with Gasteiger partial charge in [0, 0.05) is 43.4 Å². The van der Waals surface area contributed by atoms with E-state index in [4.69, 9.17) is 4.74 Å². The first-order valence-electron chi connectivity index (χ1n) is 7.05. The van der Waals surface area contributed by atoms with Crippen LogP contribution in [0.15, 0.2) is 17.6 Å². The van der Waals surface area contributed by atoms with Crippen LogP contribution >= 0.6 is 11.8 Å². The third kappa shape index (κ3) is 5.47. The Balaban J connectivity index is 1.74. The van der Waals surface area contributed by atoms with Gasteiger partial charge in [-0.15, -0.1) is 0 Å². The van der Waals surface area contributed by atoms with Crippen molar-refractivity contribution in [3.05, 3.63) is 18.0 Å². The molecule has 106 valence electrons. The molecule has 2 rings (SSSR count). The summed E-state index contributed by atoms with van der Waals surface area (Å²) in [6.45, 7) is 2.39. The number of nitrogens with one attached hydrogen (secondary N) is 1. The van der Waals surface area contributed by atoms with Gasteiger partial charge < -0.3 is 10.1 Å². The van der Waals surface area contributed by atoms with E-state index >= 15 is 0 Å². The van der Waals surface area contributed by atoms with Gasteiger partial charge in [0.15, 0.2) is 5.16 Å². The van der Waals surface area contributed by atoms with Crippen molar-refractivity contribution in [2.75, 3.05) is 20.3 Å². The SMILES string of the molecule is COCCNCc1cnc(SC2CCCCC2)nc1. The molecule has 0 bridgehead atoms. The molecular formula is C14H23N3OS. The minimum atomic E-state index is 0.722. The maximum absolute atomic E-state index is 4.99. The lowest BCUT2D eigenvalue weighted by Gasteiger charge is -2.19. The van der Waals surface area contributed by atoms with Crippen molar-refractivity contribution in [2.24, 2.45) is 0 Å². The number of hydrogen-bond donors (Lipinski definition) is 1. The Morgan fingerprint density at radius 3 is 2.68 bits per heavy atom. The van der Waals surface area contributed by atoms with Gasteiger partial charge in [0.2, 0.25) is 0 Å². The Bertz CT molecular complexity index is 352. The van der Waals surface area contributed by atoms with Gasteiger partial charge in [-0.3, -0.25) is 0 Å². The van der Waals surface area contributed by atoms with E-state index in [1.165, 1.54) is 32.1 Å². The fourth-order valence-electron chi connectivity index (χ4n) is 2.23. The number of hydrogen-bond acceptors (Lipinski definition) is 5. The van der Waals surface area contributed by atoms with E-state index in [0.29, 0.717) is 0 Å². The van der Waals surface area contributed by atoms with Gasteiger partial charge in [0.25, 0.3) is 0 Å². The fraction of sp³-hybridized carbons (Fsp3) is 0.714. The molecule has 0 aromatic carbocycles. The third-order valence-corrected chi connectivity index (χ3v) is 4.54. The van der Waals surface area contributed by atoms with Crippen molar-refractivity contribution in [2.45, 2.75) is 49.1 Å². The highest BCUT2D eigenvalue weighted by Gasteiger charge is 2.15. The van der Waals surface area contributed by atoms with E-state index in [-0.39, 0.29) is 0 Å². The summed E-state index contributed by atoms with van der Waals surface area (Å²) < 4.78 is 4.99. The summed E-state index contributed by atoms with van der Waals surface area (Å²) in [6.07, 6.45) is 10.6. The zero-order valence-corrected chi connectivity index (χ0v) is 12.4. The highest BCUT2D eigenvalue weighted by molar-refractivity contribution is 7.99. The zero-order chi connectivity index (χ0) is 13.3. The molecule has 0 spiro atoms. The van der Waals surface area contributed by atoms with Gasteiger partial charge in [-0.05, 0) is 12.8 Å². The van der Waals surface area contributed by atoms with Crippen LogP contribution in [0.25, 0.3) is 0 Å². The van der Waals surface area contributed by atoms with Crippen LogP contribution in [-0.2, 0) is 11.3 Å². The maximum atomic E-state index is 4.99. The summed E-state index contributed by atoms with van der Waals surface area (Å²) in [4.78, 5) is 8.90. The summed E-state index contributed by atoms with van der Waals surface area (Å²) in [5.41, 5.74) is 1.13. The van der Waals surface area contributed by atoms with Crippen molar-refractivity contribution in [3.63, 3.8) is 0 Å². The van der Waals surface area contributed by atoms with Gasteiger partial charge in [-0.25, -0.2) is 9.97 Å². The molecular weight excluding hydrogens is 258 g/mol. The van der Waals surface area contributed by atoms with E-state index in [1.807, 2.05) is 24.2 Å². The molecule has 5 heteroatoms. The monoisotopic (exact) mass is 281 g/mol. The van der Waals surface area contributed by atoms with Crippen LogP contribution in [0.2, 0.25) is 0 Å². The Morgan fingerprint density at radius 1 is 1.26 bits per heavy atom. The maximum Gasteiger partial charge on any atom is 0.187 e. The van der Waals surface area contributed by atoms with E-state index in [2.05, 4.69) is 15.3 Å². The van der Waals surface area contributed by atoms with Crippen LogP contribution in [0.3, 0.4) is 0 Å². The lowest BCUT2D eigenvalue weighted by atomic mass is 10.0. The van der Waals surface area contributed by atoms with Crippen LogP contribution in [-0.4, -0.2) is 35.5 Å². The van der Waals surface area contributed by atoms with E-state index in [0.717, 1.165) is 35.7 Å². The standard InChI is InChI=1S/C14H23N3OS/c1-18-8-7-15-9-12-10-16-14(17-11-12)19-13-5-3-2-4-6-13/h10-11,13,15H,2-9H2,1H3. The summed E-state index contributed by atoms with van der Waals surface area (Å²) >= 11 is 1.84. The molecule has 1 saturated carbocycles. The fourth-order valence-corrected chi connectivity index (χ4v) is 3.33. The Kier molecular flexibility index (Phi) is 6.61. The van der Waals surface area contributed by atoms with Gasteiger partial charge in [-0.1, -0.05) is 31.0 Å². The number of aromatic nitrogens is 2. The number of nitrogens with zero attached hydrogens (tertiary/aromatic N) is 2. The molecule has 4 nitrogen and oxygen atoms in total. The van der Waals surface area contributed by atoms with Crippen molar-refractivity contribution >= 4 is 11.8 Å². The second-order valence-electron chi connectivity index (χ2n) is 4.92. The minimum absolute atomic E-state index is 0.722. The largest absolute Gasteiger partial charge is 0.383 e. The van der Waals surface area contributed by atoms with Crippen molar-refractivity contribution in [1.29, 1.82) is 0 Å². The van der Waals surface area contributed by atoms with Crippen LogP contribution in [0.1, 0.15) is 37.7 Å². The molecule has 0 unspecified atom stereocenters. The number of methoxy groups -OCH3 is 1. The average Bonchev–Trinajstić information content (AvgIpc) is 2.46. The summed E-state index contributed by atoms with van der Waals surface area (Å²) in [5.74, 6) is 0. The van der Waals surface area contributed by atoms with Gasteiger partial charge >= 0.3 is 0 Å². The first kappa shape index (κ1) is 14.8. The molecule has 0 saturated heterocycles. The van der Waals surface area contributed by atoms with Crippen molar-refractivity contribution in [1.82, 2.24) is 15.3 Å². The second kappa shape index (κ2) is 8.51. The molecule has 0 atom stereocenters. The minimum Gasteiger partial charge on any atom is -0.383 e. The van der Waals surface area contributed by atoms with Gasteiger partial charge in [0.1, 0.15) is 0 Å². The van der Waals surface area contributed by atoms with E-state index in [1.54, 1.807) is 7.11 Å². The number of thioether (sulfide) groups is 1. The highest BCUT2D eigenvalue weighted by atomic mass is 32.2.